The third kappa shape index (κ3) is 4.28. The Bertz CT molecular complexity index is 282. The lowest BCUT2D eigenvalue weighted by Crippen LogP contribution is -2.22. The van der Waals surface area contributed by atoms with Crippen molar-refractivity contribution in [3.63, 3.8) is 0 Å². The monoisotopic (exact) mass is 206 g/mol. The second-order valence-electron chi connectivity index (χ2n) is 3.66. The van der Waals surface area contributed by atoms with E-state index in [0.29, 0.717) is 13.2 Å². The minimum absolute atomic E-state index is 0.0702. The average molecular weight is 206 g/mol. The highest BCUT2D eigenvalue weighted by atomic mass is 16.5. The Morgan fingerprint density at radius 2 is 2.07 bits per heavy atom. The summed E-state index contributed by atoms with van der Waals surface area (Å²) in [7, 11) is 0. The molecule has 1 aromatic rings. The molecule has 1 aromatic carbocycles. The Kier molecular flexibility index (Phi) is 5.08. The van der Waals surface area contributed by atoms with Gasteiger partial charge in [-0.3, -0.25) is 0 Å². The second kappa shape index (κ2) is 6.38. The van der Waals surface area contributed by atoms with Crippen LogP contribution in [0.4, 0.5) is 0 Å². The molecule has 0 aliphatic carbocycles. The first-order valence-corrected chi connectivity index (χ1v) is 5.16. The number of benzene rings is 1. The maximum absolute atomic E-state index is 9.60. The third-order valence-electron chi connectivity index (χ3n) is 2.38. The van der Waals surface area contributed by atoms with Gasteiger partial charge in [0.25, 0.3) is 0 Å². The molecule has 0 aliphatic rings. The van der Waals surface area contributed by atoms with E-state index in [-0.39, 0.29) is 5.92 Å². The molecule has 0 bridgehead atoms. The summed E-state index contributed by atoms with van der Waals surface area (Å²) >= 11 is 0. The van der Waals surface area contributed by atoms with Gasteiger partial charge in [0.1, 0.15) is 0 Å². The Hall–Kier alpha value is -1.12. The largest absolute Gasteiger partial charge is 0.390 e. The summed E-state index contributed by atoms with van der Waals surface area (Å²) in [5.41, 5.74) is 1.12. The minimum Gasteiger partial charge on any atom is -0.390 e. The lowest BCUT2D eigenvalue weighted by Gasteiger charge is -2.15. The van der Waals surface area contributed by atoms with Crippen molar-refractivity contribution in [2.75, 3.05) is 6.61 Å². The summed E-state index contributed by atoms with van der Waals surface area (Å²) in [5.74, 6) is 0.0702. The van der Waals surface area contributed by atoms with E-state index in [1.54, 1.807) is 6.08 Å². The van der Waals surface area contributed by atoms with Gasteiger partial charge in [-0.15, -0.1) is 6.58 Å². The van der Waals surface area contributed by atoms with E-state index in [1.165, 1.54) is 0 Å². The van der Waals surface area contributed by atoms with Gasteiger partial charge < -0.3 is 9.84 Å². The smallest absolute Gasteiger partial charge is 0.0833 e. The highest BCUT2D eigenvalue weighted by molar-refractivity contribution is 5.13. The molecule has 82 valence electrons. The fraction of sp³-hybridized carbons (Fsp3) is 0.385. The van der Waals surface area contributed by atoms with Gasteiger partial charge in [-0.25, -0.2) is 0 Å². The van der Waals surface area contributed by atoms with Crippen LogP contribution in [0.3, 0.4) is 0 Å². The molecule has 1 N–H and O–H groups in total. The van der Waals surface area contributed by atoms with E-state index < -0.39 is 6.10 Å². The first-order valence-electron chi connectivity index (χ1n) is 5.16. The number of ether oxygens (including phenoxy) is 1. The van der Waals surface area contributed by atoms with E-state index in [1.807, 2.05) is 37.3 Å². The summed E-state index contributed by atoms with van der Waals surface area (Å²) in [6.45, 7) is 6.45. The van der Waals surface area contributed by atoms with Gasteiger partial charge in [0, 0.05) is 5.92 Å². The van der Waals surface area contributed by atoms with E-state index in [9.17, 15) is 5.11 Å². The molecule has 0 aliphatic heterocycles. The number of hydrogen-bond donors (Lipinski definition) is 1. The van der Waals surface area contributed by atoms with Crippen molar-refractivity contribution in [3.8, 4) is 0 Å². The average Bonchev–Trinajstić information content (AvgIpc) is 2.29. The maximum atomic E-state index is 9.60. The Balaban J connectivity index is 2.25. The van der Waals surface area contributed by atoms with Gasteiger partial charge >= 0.3 is 0 Å². The molecule has 0 aromatic heterocycles. The number of rotatable bonds is 6. The number of aliphatic hydroxyl groups excluding tert-OH is 1. The molecule has 1 rings (SSSR count). The van der Waals surface area contributed by atoms with Crippen LogP contribution in [0.5, 0.6) is 0 Å². The number of aliphatic hydroxyl groups is 1. The first-order chi connectivity index (χ1) is 7.24. The molecule has 0 saturated heterocycles. The van der Waals surface area contributed by atoms with Crippen LogP contribution in [0.2, 0.25) is 0 Å². The lowest BCUT2D eigenvalue weighted by atomic mass is 10.1. The van der Waals surface area contributed by atoms with E-state index in [4.69, 9.17) is 4.74 Å². The second-order valence-corrected chi connectivity index (χ2v) is 3.66. The Morgan fingerprint density at radius 3 is 2.67 bits per heavy atom. The zero-order valence-electron chi connectivity index (χ0n) is 9.10. The van der Waals surface area contributed by atoms with Crippen molar-refractivity contribution in [3.05, 3.63) is 48.6 Å². The van der Waals surface area contributed by atoms with E-state index >= 15 is 0 Å². The normalized spacial score (nSPS) is 14.5. The van der Waals surface area contributed by atoms with Gasteiger partial charge in [-0.2, -0.15) is 0 Å². The zero-order chi connectivity index (χ0) is 11.1. The Morgan fingerprint density at radius 1 is 1.40 bits per heavy atom. The molecule has 0 saturated carbocycles. The van der Waals surface area contributed by atoms with Crippen LogP contribution in [-0.4, -0.2) is 17.8 Å². The van der Waals surface area contributed by atoms with Crippen LogP contribution in [0, 0.1) is 5.92 Å². The van der Waals surface area contributed by atoms with Crippen molar-refractivity contribution >= 4 is 0 Å². The number of hydrogen-bond acceptors (Lipinski definition) is 2. The van der Waals surface area contributed by atoms with Gasteiger partial charge in [0.05, 0.1) is 19.3 Å². The van der Waals surface area contributed by atoms with Crippen molar-refractivity contribution in [1.82, 2.24) is 0 Å². The summed E-state index contributed by atoms with van der Waals surface area (Å²) in [6.07, 6.45) is 1.27. The first kappa shape index (κ1) is 12.0. The highest BCUT2D eigenvalue weighted by Crippen LogP contribution is 2.06. The van der Waals surface area contributed by atoms with Crippen LogP contribution in [0.25, 0.3) is 0 Å². The summed E-state index contributed by atoms with van der Waals surface area (Å²) in [4.78, 5) is 0. The molecular formula is C13H18O2. The molecule has 2 heteroatoms. The van der Waals surface area contributed by atoms with Crippen LogP contribution in [-0.2, 0) is 11.3 Å². The van der Waals surface area contributed by atoms with Gasteiger partial charge in [-0.05, 0) is 5.56 Å². The fourth-order valence-corrected chi connectivity index (χ4v) is 1.18. The fourth-order valence-electron chi connectivity index (χ4n) is 1.18. The molecule has 0 radical (unpaired) electrons. The molecule has 2 nitrogen and oxygen atoms in total. The predicted molar refractivity (Wildman–Crippen MR) is 61.5 cm³/mol. The van der Waals surface area contributed by atoms with Crippen molar-refractivity contribution < 1.29 is 9.84 Å². The van der Waals surface area contributed by atoms with Crippen LogP contribution >= 0.6 is 0 Å². The third-order valence-corrected chi connectivity index (χ3v) is 2.38. The maximum Gasteiger partial charge on any atom is 0.0833 e. The van der Waals surface area contributed by atoms with Crippen molar-refractivity contribution in [1.29, 1.82) is 0 Å². The van der Waals surface area contributed by atoms with Crippen LogP contribution < -0.4 is 0 Å². The van der Waals surface area contributed by atoms with Crippen LogP contribution in [0.15, 0.2) is 43.0 Å². The summed E-state index contributed by atoms with van der Waals surface area (Å²) in [5, 5.41) is 9.60. The summed E-state index contributed by atoms with van der Waals surface area (Å²) in [6, 6.07) is 9.92. The molecule has 0 unspecified atom stereocenters. The van der Waals surface area contributed by atoms with Gasteiger partial charge in [0.2, 0.25) is 0 Å². The van der Waals surface area contributed by atoms with Crippen molar-refractivity contribution in [2.24, 2.45) is 5.92 Å². The molecular weight excluding hydrogens is 188 g/mol. The molecule has 0 amide bonds. The molecule has 0 spiro atoms. The molecule has 0 heterocycles. The van der Waals surface area contributed by atoms with Crippen LogP contribution in [0.1, 0.15) is 12.5 Å². The zero-order valence-corrected chi connectivity index (χ0v) is 9.10. The van der Waals surface area contributed by atoms with E-state index in [2.05, 4.69) is 6.58 Å². The molecule has 2 atom stereocenters. The van der Waals surface area contributed by atoms with Crippen molar-refractivity contribution in [2.45, 2.75) is 19.6 Å². The minimum atomic E-state index is -0.466. The van der Waals surface area contributed by atoms with E-state index in [0.717, 1.165) is 5.56 Å². The standard InChI is InChI=1S/C13H18O2/c1-3-11(2)13(14)10-15-9-12-7-5-4-6-8-12/h3-8,11,13-14H,1,9-10H2,2H3/t11-,13-/m1/s1. The highest BCUT2D eigenvalue weighted by Gasteiger charge is 2.10. The SMILES string of the molecule is C=C[C@@H](C)[C@H](O)COCc1ccccc1. The molecule has 0 fully saturated rings. The topological polar surface area (TPSA) is 29.5 Å². The predicted octanol–water partition coefficient (Wildman–Crippen LogP) is 2.39. The van der Waals surface area contributed by atoms with Gasteiger partial charge in [-0.1, -0.05) is 43.3 Å². The summed E-state index contributed by atoms with van der Waals surface area (Å²) < 4.78 is 5.41. The van der Waals surface area contributed by atoms with Gasteiger partial charge in [0.15, 0.2) is 0 Å². The quantitative estimate of drug-likeness (QED) is 0.724. The Labute approximate surface area is 91.2 Å². The lowest BCUT2D eigenvalue weighted by molar-refractivity contribution is 0.0118. The molecule has 15 heavy (non-hydrogen) atoms.